The Morgan fingerprint density at radius 1 is 1.33 bits per heavy atom. The number of anilines is 1. The number of hydrogen-bond donors (Lipinski definition) is 1. The Labute approximate surface area is 106 Å². The zero-order valence-corrected chi connectivity index (χ0v) is 10.9. The number of pyridine rings is 1. The third-order valence-electron chi connectivity index (χ3n) is 2.85. The van der Waals surface area contributed by atoms with Gasteiger partial charge in [-0.2, -0.15) is 0 Å². The van der Waals surface area contributed by atoms with Gasteiger partial charge in [0.05, 0.1) is 11.5 Å². The molecule has 0 aliphatic carbocycles. The Morgan fingerprint density at radius 2 is 1.94 bits per heavy atom. The largest absolute Gasteiger partial charge is 0.384 e. The molecule has 1 aliphatic rings. The lowest BCUT2D eigenvalue weighted by Crippen LogP contribution is -2.43. The van der Waals surface area contributed by atoms with E-state index in [1.165, 1.54) is 11.0 Å². The summed E-state index contributed by atoms with van der Waals surface area (Å²) in [5, 5.41) is 0. The number of sulfone groups is 1. The van der Waals surface area contributed by atoms with Crippen LogP contribution in [-0.4, -0.2) is 48.8 Å². The fourth-order valence-electron chi connectivity index (χ4n) is 1.92. The standard InChI is InChI=1S/C11H15N3O3S/c1-8-6-9(7-10(12)13-8)11(15)14-2-4-18(16,17)5-3-14/h6-7H,2-5H2,1H3,(H2,12,13). The number of carbonyl (C=O) groups is 1. The molecule has 1 saturated heterocycles. The summed E-state index contributed by atoms with van der Waals surface area (Å²) in [5.74, 6) is 0.154. The average Bonchev–Trinajstić information content (AvgIpc) is 2.27. The molecule has 2 rings (SSSR count). The number of amides is 1. The zero-order valence-electron chi connectivity index (χ0n) is 10.1. The molecule has 1 fully saturated rings. The topological polar surface area (TPSA) is 93.4 Å². The van der Waals surface area contributed by atoms with E-state index in [4.69, 9.17) is 5.73 Å². The zero-order chi connectivity index (χ0) is 13.3. The van der Waals surface area contributed by atoms with Gasteiger partial charge >= 0.3 is 0 Å². The summed E-state index contributed by atoms with van der Waals surface area (Å²) in [5.41, 5.74) is 6.72. The van der Waals surface area contributed by atoms with Gasteiger partial charge in [0, 0.05) is 24.3 Å². The summed E-state index contributed by atoms with van der Waals surface area (Å²) in [6.07, 6.45) is 0. The highest BCUT2D eigenvalue weighted by atomic mass is 32.2. The number of rotatable bonds is 1. The summed E-state index contributed by atoms with van der Waals surface area (Å²) in [6.45, 7) is 2.23. The van der Waals surface area contributed by atoms with E-state index in [-0.39, 0.29) is 30.5 Å². The molecule has 0 unspecified atom stereocenters. The van der Waals surface area contributed by atoms with Crippen LogP contribution >= 0.6 is 0 Å². The van der Waals surface area contributed by atoms with Crippen LogP contribution in [0.3, 0.4) is 0 Å². The lowest BCUT2D eigenvalue weighted by atomic mass is 10.2. The molecule has 7 heteroatoms. The number of nitrogens with zero attached hydrogens (tertiary/aromatic N) is 2. The Hall–Kier alpha value is -1.63. The SMILES string of the molecule is Cc1cc(C(=O)N2CCS(=O)(=O)CC2)cc(N)n1. The second-order valence-corrected chi connectivity index (χ2v) is 6.67. The lowest BCUT2D eigenvalue weighted by Gasteiger charge is -2.26. The Morgan fingerprint density at radius 3 is 2.50 bits per heavy atom. The van der Waals surface area contributed by atoms with E-state index in [1.54, 1.807) is 13.0 Å². The van der Waals surface area contributed by atoms with Crippen molar-refractivity contribution in [1.29, 1.82) is 0 Å². The van der Waals surface area contributed by atoms with E-state index in [1.807, 2.05) is 0 Å². The van der Waals surface area contributed by atoms with Gasteiger partial charge in [-0.3, -0.25) is 4.79 Å². The molecule has 6 nitrogen and oxygen atoms in total. The maximum absolute atomic E-state index is 12.2. The minimum atomic E-state index is -2.98. The van der Waals surface area contributed by atoms with Crippen molar-refractivity contribution < 1.29 is 13.2 Å². The van der Waals surface area contributed by atoms with Crippen molar-refractivity contribution in [2.24, 2.45) is 0 Å². The molecule has 1 aliphatic heterocycles. The number of nitrogen functional groups attached to an aromatic ring is 1. The lowest BCUT2D eigenvalue weighted by molar-refractivity contribution is 0.0770. The van der Waals surface area contributed by atoms with Crippen molar-refractivity contribution in [2.75, 3.05) is 30.3 Å². The van der Waals surface area contributed by atoms with Gasteiger partial charge in [0.2, 0.25) is 0 Å². The van der Waals surface area contributed by atoms with Crippen molar-refractivity contribution in [2.45, 2.75) is 6.92 Å². The quantitative estimate of drug-likeness (QED) is 0.764. The number of aromatic nitrogens is 1. The smallest absolute Gasteiger partial charge is 0.254 e. The van der Waals surface area contributed by atoms with Gasteiger partial charge in [-0.15, -0.1) is 0 Å². The monoisotopic (exact) mass is 269 g/mol. The maximum Gasteiger partial charge on any atom is 0.254 e. The van der Waals surface area contributed by atoms with Crippen molar-refractivity contribution in [3.63, 3.8) is 0 Å². The molecule has 0 aromatic carbocycles. The van der Waals surface area contributed by atoms with Crippen LogP contribution in [0.25, 0.3) is 0 Å². The Bertz CT molecular complexity index is 549. The van der Waals surface area contributed by atoms with Gasteiger partial charge in [0.15, 0.2) is 9.84 Å². The fraction of sp³-hybridized carbons (Fsp3) is 0.455. The molecule has 1 aromatic rings. The van der Waals surface area contributed by atoms with Crippen LogP contribution in [0.5, 0.6) is 0 Å². The highest BCUT2D eigenvalue weighted by Crippen LogP contribution is 2.12. The van der Waals surface area contributed by atoms with Crippen LogP contribution in [0.15, 0.2) is 12.1 Å². The van der Waals surface area contributed by atoms with Crippen LogP contribution < -0.4 is 5.73 Å². The first-order chi connectivity index (χ1) is 8.37. The second kappa shape index (κ2) is 4.56. The average molecular weight is 269 g/mol. The molecule has 1 aromatic heterocycles. The summed E-state index contributed by atoms with van der Waals surface area (Å²) < 4.78 is 22.6. The molecule has 2 heterocycles. The van der Waals surface area contributed by atoms with Gasteiger partial charge in [0.1, 0.15) is 5.82 Å². The minimum absolute atomic E-state index is 0.0261. The molecule has 1 amide bonds. The summed E-state index contributed by atoms with van der Waals surface area (Å²) >= 11 is 0. The van der Waals surface area contributed by atoms with Gasteiger partial charge < -0.3 is 10.6 Å². The molecule has 0 bridgehead atoms. The predicted octanol–water partition coefficient (Wildman–Crippen LogP) is -0.157. The molecular weight excluding hydrogens is 254 g/mol. The van der Waals surface area contributed by atoms with Crippen LogP contribution in [0.2, 0.25) is 0 Å². The molecule has 2 N–H and O–H groups in total. The second-order valence-electron chi connectivity index (χ2n) is 4.37. The summed E-state index contributed by atoms with van der Waals surface area (Å²) in [4.78, 5) is 17.7. The highest BCUT2D eigenvalue weighted by molar-refractivity contribution is 7.91. The van der Waals surface area contributed by atoms with Crippen LogP contribution in [0.4, 0.5) is 5.82 Å². The van der Waals surface area contributed by atoms with Crippen molar-refractivity contribution in [3.8, 4) is 0 Å². The predicted molar refractivity (Wildman–Crippen MR) is 67.9 cm³/mol. The van der Waals surface area contributed by atoms with Crippen LogP contribution in [-0.2, 0) is 9.84 Å². The molecule has 18 heavy (non-hydrogen) atoms. The van der Waals surface area contributed by atoms with E-state index in [0.29, 0.717) is 17.1 Å². The third kappa shape index (κ3) is 2.79. The Balaban J connectivity index is 2.17. The van der Waals surface area contributed by atoms with Crippen molar-refractivity contribution >= 4 is 21.6 Å². The third-order valence-corrected chi connectivity index (χ3v) is 4.46. The Kier molecular flexibility index (Phi) is 3.25. The summed E-state index contributed by atoms with van der Waals surface area (Å²) in [6, 6.07) is 3.17. The normalized spacial score (nSPS) is 18.6. The molecule has 0 atom stereocenters. The first-order valence-corrected chi connectivity index (χ1v) is 7.43. The van der Waals surface area contributed by atoms with Gasteiger partial charge in [-0.1, -0.05) is 0 Å². The molecular formula is C11H15N3O3S. The van der Waals surface area contributed by atoms with E-state index in [2.05, 4.69) is 4.98 Å². The van der Waals surface area contributed by atoms with Gasteiger partial charge in [0.25, 0.3) is 5.91 Å². The van der Waals surface area contributed by atoms with E-state index in [9.17, 15) is 13.2 Å². The van der Waals surface area contributed by atoms with Gasteiger partial charge in [-0.25, -0.2) is 13.4 Å². The maximum atomic E-state index is 12.2. The number of aryl methyl sites for hydroxylation is 1. The number of carbonyl (C=O) groups excluding carboxylic acids is 1. The minimum Gasteiger partial charge on any atom is -0.384 e. The number of hydrogen-bond acceptors (Lipinski definition) is 5. The van der Waals surface area contributed by atoms with Crippen molar-refractivity contribution in [1.82, 2.24) is 9.88 Å². The van der Waals surface area contributed by atoms with Gasteiger partial charge in [-0.05, 0) is 19.1 Å². The van der Waals surface area contributed by atoms with E-state index >= 15 is 0 Å². The van der Waals surface area contributed by atoms with Crippen LogP contribution in [0, 0.1) is 6.92 Å². The molecule has 0 radical (unpaired) electrons. The summed E-state index contributed by atoms with van der Waals surface area (Å²) in [7, 11) is -2.98. The first kappa shape index (κ1) is 12.8. The highest BCUT2D eigenvalue weighted by Gasteiger charge is 2.25. The van der Waals surface area contributed by atoms with E-state index in [0.717, 1.165) is 0 Å². The molecule has 0 spiro atoms. The molecule has 0 saturated carbocycles. The first-order valence-electron chi connectivity index (χ1n) is 5.61. The van der Waals surface area contributed by atoms with Crippen LogP contribution in [0.1, 0.15) is 16.1 Å². The fourth-order valence-corrected chi connectivity index (χ4v) is 3.12. The van der Waals surface area contributed by atoms with E-state index < -0.39 is 9.84 Å². The molecule has 98 valence electrons. The number of nitrogens with two attached hydrogens (primary N) is 1. The van der Waals surface area contributed by atoms with Crippen molar-refractivity contribution in [3.05, 3.63) is 23.4 Å².